The van der Waals surface area contributed by atoms with E-state index in [1.807, 2.05) is 13.8 Å². The van der Waals surface area contributed by atoms with E-state index >= 15 is 0 Å². The summed E-state index contributed by atoms with van der Waals surface area (Å²) in [4.78, 5) is 0. The summed E-state index contributed by atoms with van der Waals surface area (Å²) in [7, 11) is 0. The first-order valence-corrected chi connectivity index (χ1v) is 5.05. The Morgan fingerprint density at radius 3 is 2.12 bits per heavy atom. The molecule has 1 unspecified atom stereocenters. The SMILES string of the molecule is CC(C)C(NN)c1ccc(OC(F)F)cc1. The highest BCUT2D eigenvalue weighted by atomic mass is 19.3. The first-order chi connectivity index (χ1) is 7.54. The fourth-order valence-corrected chi connectivity index (χ4v) is 1.53. The molecule has 0 bridgehead atoms. The molecular formula is C11H16F2N2O. The number of halogens is 2. The lowest BCUT2D eigenvalue weighted by molar-refractivity contribution is -0.0498. The van der Waals surface area contributed by atoms with Gasteiger partial charge in [-0.25, -0.2) is 0 Å². The summed E-state index contributed by atoms with van der Waals surface area (Å²) in [6.45, 7) is 1.25. The number of nitrogens with one attached hydrogen (secondary N) is 1. The molecule has 16 heavy (non-hydrogen) atoms. The van der Waals surface area contributed by atoms with Crippen molar-refractivity contribution in [2.24, 2.45) is 11.8 Å². The van der Waals surface area contributed by atoms with Gasteiger partial charge in [0.15, 0.2) is 0 Å². The monoisotopic (exact) mass is 230 g/mol. The summed E-state index contributed by atoms with van der Waals surface area (Å²) in [6, 6.07) is 6.47. The Morgan fingerprint density at radius 2 is 1.75 bits per heavy atom. The van der Waals surface area contributed by atoms with Gasteiger partial charge in [-0.15, -0.1) is 0 Å². The van der Waals surface area contributed by atoms with Crippen LogP contribution in [-0.4, -0.2) is 6.61 Å². The highest BCUT2D eigenvalue weighted by Gasteiger charge is 2.14. The summed E-state index contributed by atoms with van der Waals surface area (Å²) in [6.07, 6.45) is 0. The van der Waals surface area contributed by atoms with Crippen LogP contribution in [0.5, 0.6) is 5.75 Å². The van der Waals surface area contributed by atoms with E-state index in [9.17, 15) is 8.78 Å². The molecule has 5 heteroatoms. The maximum absolute atomic E-state index is 11.9. The minimum absolute atomic E-state index is 0.000556. The van der Waals surface area contributed by atoms with Gasteiger partial charge < -0.3 is 4.74 Å². The van der Waals surface area contributed by atoms with Crippen LogP contribution >= 0.6 is 0 Å². The topological polar surface area (TPSA) is 47.3 Å². The van der Waals surface area contributed by atoms with Gasteiger partial charge in [0.05, 0.1) is 0 Å². The summed E-state index contributed by atoms with van der Waals surface area (Å²) < 4.78 is 28.1. The van der Waals surface area contributed by atoms with Gasteiger partial charge in [-0.05, 0) is 23.6 Å². The Balaban J connectivity index is 2.77. The largest absolute Gasteiger partial charge is 0.435 e. The average Bonchev–Trinajstić information content (AvgIpc) is 2.20. The molecule has 1 atom stereocenters. The summed E-state index contributed by atoms with van der Waals surface area (Å²) in [5.74, 6) is 5.89. The number of benzene rings is 1. The lowest BCUT2D eigenvalue weighted by Gasteiger charge is -2.20. The van der Waals surface area contributed by atoms with Gasteiger partial charge in [0.25, 0.3) is 0 Å². The smallest absolute Gasteiger partial charge is 0.387 e. The van der Waals surface area contributed by atoms with Crippen LogP contribution in [0.25, 0.3) is 0 Å². The van der Waals surface area contributed by atoms with Crippen LogP contribution in [0.1, 0.15) is 25.5 Å². The van der Waals surface area contributed by atoms with Crippen molar-refractivity contribution in [3.05, 3.63) is 29.8 Å². The molecule has 0 saturated heterocycles. The van der Waals surface area contributed by atoms with Crippen LogP contribution in [-0.2, 0) is 0 Å². The molecule has 1 aromatic carbocycles. The van der Waals surface area contributed by atoms with Gasteiger partial charge in [-0.3, -0.25) is 11.3 Å². The van der Waals surface area contributed by atoms with E-state index in [0.29, 0.717) is 5.92 Å². The first kappa shape index (κ1) is 12.9. The zero-order valence-electron chi connectivity index (χ0n) is 9.28. The lowest BCUT2D eigenvalue weighted by Crippen LogP contribution is -2.31. The molecule has 1 aromatic rings. The third-order valence-corrected chi connectivity index (χ3v) is 2.31. The third-order valence-electron chi connectivity index (χ3n) is 2.31. The molecule has 0 saturated carbocycles. The quantitative estimate of drug-likeness (QED) is 0.603. The molecule has 0 fully saturated rings. The highest BCUT2D eigenvalue weighted by molar-refractivity contribution is 5.29. The van der Waals surface area contributed by atoms with E-state index in [2.05, 4.69) is 10.2 Å². The van der Waals surface area contributed by atoms with Crippen LogP contribution in [0.15, 0.2) is 24.3 Å². The fraction of sp³-hybridized carbons (Fsp3) is 0.455. The van der Waals surface area contributed by atoms with Crippen LogP contribution in [0.4, 0.5) is 8.78 Å². The van der Waals surface area contributed by atoms with Crippen LogP contribution < -0.4 is 16.0 Å². The van der Waals surface area contributed by atoms with E-state index < -0.39 is 6.61 Å². The van der Waals surface area contributed by atoms with Crippen molar-refractivity contribution >= 4 is 0 Å². The van der Waals surface area contributed by atoms with Crippen LogP contribution in [0.3, 0.4) is 0 Å². The number of ether oxygens (including phenoxy) is 1. The predicted octanol–water partition coefficient (Wildman–Crippen LogP) is 2.45. The first-order valence-electron chi connectivity index (χ1n) is 5.05. The molecule has 0 radical (unpaired) electrons. The molecule has 90 valence electrons. The Hall–Kier alpha value is -1.20. The van der Waals surface area contributed by atoms with E-state index in [-0.39, 0.29) is 11.8 Å². The van der Waals surface area contributed by atoms with Gasteiger partial charge in [-0.1, -0.05) is 26.0 Å². The summed E-state index contributed by atoms with van der Waals surface area (Å²) in [5, 5.41) is 0. The fourth-order valence-electron chi connectivity index (χ4n) is 1.53. The van der Waals surface area contributed by atoms with E-state index in [1.165, 1.54) is 12.1 Å². The Kier molecular flexibility index (Phi) is 4.64. The molecule has 3 N–H and O–H groups in total. The molecular weight excluding hydrogens is 214 g/mol. The van der Waals surface area contributed by atoms with Crippen molar-refractivity contribution in [2.45, 2.75) is 26.5 Å². The van der Waals surface area contributed by atoms with Crippen molar-refractivity contribution < 1.29 is 13.5 Å². The van der Waals surface area contributed by atoms with Gasteiger partial charge in [0.2, 0.25) is 0 Å². The van der Waals surface area contributed by atoms with Crippen molar-refractivity contribution in [1.82, 2.24) is 5.43 Å². The number of rotatable bonds is 5. The number of hydrazine groups is 1. The van der Waals surface area contributed by atoms with E-state index in [1.54, 1.807) is 12.1 Å². The average molecular weight is 230 g/mol. The molecule has 3 nitrogen and oxygen atoms in total. The minimum Gasteiger partial charge on any atom is -0.435 e. The molecule has 0 spiro atoms. The maximum atomic E-state index is 11.9. The second-order valence-electron chi connectivity index (χ2n) is 3.84. The highest BCUT2D eigenvalue weighted by Crippen LogP contribution is 2.23. The predicted molar refractivity (Wildman–Crippen MR) is 58.0 cm³/mol. The zero-order chi connectivity index (χ0) is 12.1. The Morgan fingerprint density at radius 1 is 1.19 bits per heavy atom. The van der Waals surface area contributed by atoms with Crippen LogP contribution in [0, 0.1) is 5.92 Å². The number of hydrogen-bond acceptors (Lipinski definition) is 3. The summed E-state index contributed by atoms with van der Waals surface area (Å²) in [5.41, 5.74) is 3.63. The van der Waals surface area contributed by atoms with Crippen molar-refractivity contribution in [3.63, 3.8) is 0 Å². The molecule has 0 amide bonds. The number of nitrogens with two attached hydrogens (primary N) is 1. The van der Waals surface area contributed by atoms with Gasteiger partial charge in [0, 0.05) is 6.04 Å². The standard InChI is InChI=1S/C11H16F2N2O/c1-7(2)10(15-14)8-3-5-9(6-4-8)16-11(12)13/h3-7,10-11,15H,14H2,1-2H3. The van der Waals surface area contributed by atoms with Crippen molar-refractivity contribution in [1.29, 1.82) is 0 Å². The van der Waals surface area contributed by atoms with Gasteiger partial charge >= 0.3 is 6.61 Å². The van der Waals surface area contributed by atoms with Gasteiger partial charge in [-0.2, -0.15) is 8.78 Å². The molecule has 0 heterocycles. The minimum atomic E-state index is -2.79. The molecule has 1 rings (SSSR count). The van der Waals surface area contributed by atoms with Gasteiger partial charge in [0.1, 0.15) is 5.75 Å². The van der Waals surface area contributed by atoms with Crippen molar-refractivity contribution in [2.75, 3.05) is 0 Å². The van der Waals surface area contributed by atoms with E-state index in [4.69, 9.17) is 5.84 Å². The lowest BCUT2D eigenvalue weighted by atomic mass is 9.97. The third kappa shape index (κ3) is 3.43. The van der Waals surface area contributed by atoms with Crippen molar-refractivity contribution in [3.8, 4) is 5.75 Å². The second-order valence-corrected chi connectivity index (χ2v) is 3.84. The zero-order valence-corrected chi connectivity index (χ0v) is 9.28. The number of hydrogen-bond donors (Lipinski definition) is 2. The maximum Gasteiger partial charge on any atom is 0.387 e. The molecule has 0 aromatic heterocycles. The Labute approximate surface area is 93.6 Å². The normalized spacial score (nSPS) is 13.2. The summed E-state index contributed by atoms with van der Waals surface area (Å²) >= 11 is 0. The van der Waals surface area contributed by atoms with E-state index in [0.717, 1.165) is 5.56 Å². The number of alkyl halides is 2. The molecule has 0 aliphatic rings. The molecule has 0 aliphatic heterocycles. The Bertz CT molecular complexity index is 314. The molecule has 0 aliphatic carbocycles. The second kappa shape index (κ2) is 5.77. The van der Waals surface area contributed by atoms with Crippen LogP contribution in [0.2, 0.25) is 0 Å².